The molecule has 0 aromatic rings. The topological polar surface area (TPSA) is 26.3 Å². The number of carbonyl (C=O) groups excluding carboxylic acids is 1. The molecule has 2 heteroatoms. The first-order valence-electron chi connectivity index (χ1n) is 6.25. The van der Waals surface area contributed by atoms with Gasteiger partial charge in [-0.25, -0.2) is 0 Å². The van der Waals surface area contributed by atoms with E-state index in [0.717, 1.165) is 19.3 Å². The predicted molar refractivity (Wildman–Crippen MR) is 66.1 cm³/mol. The van der Waals surface area contributed by atoms with Crippen molar-refractivity contribution in [2.24, 2.45) is 11.3 Å². The first-order chi connectivity index (χ1) is 7.42. The highest BCUT2D eigenvalue weighted by Gasteiger charge is 2.53. The van der Waals surface area contributed by atoms with Crippen LogP contribution in [0, 0.1) is 11.3 Å². The van der Waals surface area contributed by atoms with Gasteiger partial charge in [0, 0.05) is 12.3 Å². The summed E-state index contributed by atoms with van der Waals surface area (Å²) in [5.41, 5.74) is -0.454. The number of hydrogen-bond donors (Lipinski definition) is 0. The molecule has 1 saturated carbocycles. The minimum Gasteiger partial charge on any atom is -0.458 e. The van der Waals surface area contributed by atoms with Crippen LogP contribution in [-0.2, 0) is 9.53 Å². The Morgan fingerprint density at radius 2 is 2.25 bits per heavy atom. The van der Waals surface area contributed by atoms with Gasteiger partial charge in [-0.1, -0.05) is 33.3 Å². The van der Waals surface area contributed by atoms with Crippen LogP contribution in [0.3, 0.4) is 0 Å². The van der Waals surface area contributed by atoms with Crippen molar-refractivity contribution in [2.75, 3.05) is 0 Å². The lowest BCUT2D eigenvalue weighted by Gasteiger charge is -2.53. The summed E-state index contributed by atoms with van der Waals surface area (Å²) in [6, 6.07) is 0. The van der Waals surface area contributed by atoms with E-state index >= 15 is 0 Å². The molecule has 1 aliphatic carbocycles. The van der Waals surface area contributed by atoms with Gasteiger partial charge < -0.3 is 4.74 Å². The summed E-state index contributed by atoms with van der Waals surface area (Å²) in [6.45, 7) is 11.9. The second-order valence-electron chi connectivity index (χ2n) is 5.25. The van der Waals surface area contributed by atoms with Crippen molar-refractivity contribution in [3.8, 4) is 0 Å². The van der Waals surface area contributed by atoms with Gasteiger partial charge in [-0.3, -0.25) is 4.79 Å². The van der Waals surface area contributed by atoms with Crippen LogP contribution in [0.25, 0.3) is 0 Å². The molecule has 1 rings (SSSR count). The molecule has 3 atom stereocenters. The number of carbonyl (C=O) groups is 1. The maximum Gasteiger partial charge on any atom is 0.303 e. The van der Waals surface area contributed by atoms with Crippen LogP contribution < -0.4 is 0 Å². The highest BCUT2D eigenvalue weighted by Crippen LogP contribution is 2.52. The van der Waals surface area contributed by atoms with Gasteiger partial charge in [0.25, 0.3) is 0 Å². The molecule has 0 unspecified atom stereocenters. The van der Waals surface area contributed by atoms with Crippen molar-refractivity contribution < 1.29 is 9.53 Å². The lowest BCUT2D eigenvalue weighted by molar-refractivity contribution is -0.188. The number of esters is 1. The van der Waals surface area contributed by atoms with E-state index < -0.39 is 0 Å². The maximum absolute atomic E-state index is 11.4. The molecule has 92 valence electrons. The van der Waals surface area contributed by atoms with Crippen LogP contribution >= 0.6 is 0 Å². The third-order valence-corrected chi connectivity index (χ3v) is 4.40. The van der Waals surface area contributed by atoms with Crippen LogP contribution in [0.1, 0.15) is 53.4 Å². The Morgan fingerprint density at radius 1 is 1.62 bits per heavy atom. The molecule has 1 fully saturated rings. The molecule has 0 radical (unpaired) electrons. The van der Waals surface area contributed by atoms with E-state index in [1.165, 1.54) is 13.3 Å². The highest BCUT2D eigenvalue weighted by atomic mass is 16.6. The van der Waals surface area contributed by atoms with E-state index in [-0.39, 0.29) is 17.0 Å². The third-order valence-electron chi connectivity index (χ3n) is 4.40. The molecule has 0 heterocycles. The largest absolute Gasteiger partial charge is 0.458 e. The van der Waals surface area contributed by atoms with E-state index in [4.69, 9.17) is 4.74 Å². The van der Waals surface area contributed by atoms with Crippen LogP contribution in [0.5, 0.6) is 0 Å². The van der Waals surface area contributed by atoms with Crippen molar-refractivity contribution in [3.63, 3.8) is 0 Å². The molecule has 16 heavy (non-hydrogen) atoms. The van der Waals surface area contributed by atoms with Gasteiger partial charge in [0.05, 0.1) is 0 Å². The number of rotatable bonds is 3. The SMILES string of the molecule is C=C[C@@]1(C)CCC[C@@H](C)[C@@]1(CC)OC(C)=O. The number of hydrogen-bond acceptors (Lipinski definition) is 2. The van der Waals surface area contributed by atoms with Crippen molar-refractivity contribution in [2.45, 2.75) is 59.0 Å². The zero-order valence-corrected chi connectivity index (χ0v) is 11.0. The molecule has 0 aromatic carbocycles. The van der Waals surface area contributed by atoms with Gasteiger partial charge >= 0.3 is 5.97 Å². The monoisotopic (exact) mass is 224 g/mol. The molecule has 0 amide bonds. The average molecular weight is 224 g/mol. The van der Waals surface area contributed by atoms with Gasteiger partial charge in [0.2, 0.25) is 0 Å². The second-order valence-corrected chi connectivity index (χ2v) is 5.25. The summed E-state index contributed by atoms with van der Waals surface area (Å²) >= 11 is 0. The van der Waals surface area contributed by atoms with Crippen molar-refractivity contribution in [1.29, 1.82) is 0 Å². The molecule has 1 aliphatic rings. The summed E-state index contributed by atoms with van der Waals surface area (Å²) in [5.74, 6) is 0.224. The quantitative estimate of drug-likeness (QED) is 0.539. The molecule has 0 bridgehead atoms. The molecule has 2 nitrogen and oxygen atoms in total. The smallest absolute Gasteiger partial charge is 0.303 e. The molecule has 0 N–H and O–H groups in total. The standard InChI is InChI=1S/C14H24O2/c1-6-13(5)10-8-9-11(3)14(13,7-2)16-12(4)15/h6,11H,1,7-10H2,2-5H3/t11-,13+,14-/m1/s1. The first kappa shape index (κ1) is 13.3. The zero-order chi connectivity index (χ0) is 12.4. The van der Waals surface area contributed by atoms with E-state index in [1.54, 1.807) is 0 Å². The van der Waals surface area contributed by atoms with Gasteiger partial charge in [0.1, 0.15) is 5.60 Å². The Bertz CT molecular complexity index is 284. The Labute approximate surface area is 99.1 Å². The molecule has 0 aromatic heterocycles. The Morgan fingerprint density at radius 3 is 2.69 bits per heavy atom. The van der Waals surface area contributed by atoms with Gasteiger partial charge in [-0.05, 0) is 25.2 Å². The van der Waals surface area contributed by atoms with Crippen molar-refractivity contribution >= 4 is 5.97 Å². The zero-order valence-electron chi connectivity index (χ0n) is 11.0. The first-order valence-corrected chi connectivity index (χ1v) is 6.25. The normalized spacial score (nSPS) is 39.1. The fraction of sp³-hybridized carbons (Fsp3) is 0.786. The molecular formula is C14H24O2. The summed E-state index contributed by atoms with van der Waals surface area (Å²) < 4.78 is 5.74. The van der Waals surface area contributed by atoms with Crippen LogP contribution in [0.15, 0.2) is 12.7 Å². The molecule has 0 aliphatic heterocycles. The van der Waals surface area contributed by atoms with E-state index in [9.17, 15) is 4.79 Å². The molecule has 0 spiro atoms. The average Bonchev–Trinajstić information content (AvgIpc) is 2.23. The summed E-state index contributed by atoms with van der Waals surface area (Å²) in [7, 11) is 0. The van der Waals surface area contributed by atoms with Gasteiger partial charge in [-0.2, -0.15) is 0 Å². The second kappa shape index (κ2) is 4.60. The van der Waals surface area contributed by atoms with E-state index in [2.05, 4.69) is 27.4 Å². The predicted octanol–water partition coefficient (Wildman–Crippen LogP) is 3.71. The lowest BCUT2D eigenvalue weighted by Crippen LogP contribution is -2.55. The maximum atomic E-state index is 11.4. The van der Waals surface area contributed by atoms with Crippen LogP contribution in [0.4, 0.5) is 0 Å². The third kappa shape index (κ3) is 1.90. The fourth-order valence-corrected chi connectivity index (χ4v) is 3.36. The molecular weight excluding hydrogens is 200 g/mol. The summed E-state index contributed by atoms with van der Waals surface area (Å²) in [5, 5.41) is 0. The lowest BCUT2D eigenvalue weighted by atomic mass is 9.58. The minimum atomic E-state index is -0.362. The Kier molecular flexibility index (Phi) is 3.82. The summed E-state index contributed by atoms with van der Waals surface area (Å²) in [4.78, 5) is 11.4. The Balaban J connectivity index is 3.15. The highest BCUT2D eigenvalue weighted by molar-refractivity contribution is 5.66. The summed E-state index contributed by atoms with van der Waals surface area (Å²) in [6.07, 6.45) is 6.21. The van der Waals surface area contributed by atoms with Crippen molar-refractivity contribution in [3.05, 3.63) is 12.7 Å². The number of ether oxygens (including phenoxy) is 1. The van der Waals surface area contributed by atoms with Crippen molar-refractivity contribution in [1.82, 2.24) is 0 Å². The van der Waals surface area contributed by atoms with Gasteiger partial charge in [0.15, 0.2) is 0 Å². The van der Waals surface area contributed by atoms with Crippen LogP contribution in [0.2, 0.25) is 0 Å². The van der Waals surface area contributed by atoms with E-state index in [0.29, 0.717) is 5.92 Å². The van der Waals surface area contributed by atoms with E-state index in [1.807, 2.05) is 6.08 Å². The Hall–Kier alpha value is -0.790. The fourth-order valence-electron chi connectivity index (χ4n) is 3.36. The van der Waals surface area contributed by atoms with Crippen LogP contribution in [-0.4, -0.2) is 11.6 Å². The molecule has 0 saturated heterocycles. The minimum absolute atomic E-state index is 0.0922. The van der Waals surface area contributed by atoms with Gasteiger partial charge in [-0.15, -0.1) is 6.58 Å².